The van der Waals surface area contributed by atoms with E-state index in [4.69, 9.17) is 12.2 Å². The first-order valence-electron chi connectivity index (χ1n) is 10.5. The van der Waals surface area contributed by atoms with Gasteiger partial charge in [-0.2, -0.15) is 0 Å². The Morgan fingerprint density at radius 1 is 1.03 bits per heavy atom. The molecule has 0 saturated carbocycles. The van der Waals surface area contributed by atoms with E-state index in [9.17, 15) is 19.7 Å². The van der Waals surface area contributed by atoms with Crippen molar-refractivity contribution in [3.8, 4) is 5.69 Å². The number of thiocarbonyl (C=S) groups is 1. The van der Waals surface area contributed by atoms with Crippen molar-refractivity contribution in [2.45, 2.75) is 27.7 Å². The number of anilines is 1. The molecule has 1 aliphatic heterocycles. The minimum atomic E-state index is -0.572. The number of carbonyl (C=O) groups excluding carboxylic acids is 2. The van der Waals surface area contributed by atoms with Gasteiger partial charge in [-0.25, -0.2) is 0 Å². The number of amides is 2. The summed E-state index contributed by atoms with van der Waals surface area (Å²) in [7, 11) is 0. The van der Waals surface area contributed by atoms with E-state index in [1.165, 1.54) is 23.1 Å². The van der Waals surface area contributed by atoms with Crippen LogP contribution in [-0.4, -0.2) is 26.4 Å². The molecule has 8 nitrogen and oxygen atoms in total. The third-order valence-corrected chi connectivity index (χ3v) is 6.06. The molecule has 0 aliphatic carbocycles. The SMILES string of the molecule is Cc1ccc(C)c(N2C(=O)/C(=C/c3cc(C)n(-c4cccc([N+](=O)[O-])c4)c3C)C(=O)NC2=S)c1. The summed E-state index contributed by atoms with van der Waals surface area (Å²) in [5, 5.41) is 13.8. The van der Waals surface area contributed by atoms with Crippen LogP contribution in [0.2, 0.25) is 0 Å². The molecule has 2 aromatic carbocycles. The Balaban J connectivity index is 1.79. The van der Waals surface area contributed by atoms with Gasteiger partial charge in [0.05, 0.1) is 16.3 Å². The van der Waals surface area contributed by atoms with Crippen molar-refractivity contribution in [3.63, 3.8) is 0 Å². The standard InChI is InChI=1S/C25H22N4O4S/c1-14-8-9-15(2)22(10-14)28-24(31)21(23(30)26-25(28)34)12-18-11-16(3)27(17(18)4)19-6-5-7-20(13-19)29(32)33/h5-13H,1-4H3,(H,26,30,34)/b21-12+. The molecule has 0 unspecified atom stereocenters. The monoisotopic (exact) mass is 474 g/mol. The molecular formula is C25H22N4O4S. The fourth-order valence-corrected chi connectivity index (χ4v) is 4.34. The molecule has 4 rings (SSSR count). The second-order valence-electron chi connectivity index (χ2n) is 8.19. The Kier molecular flexibility index (Phi) is 5.89. The Morgan fingerprint density at radius 3 is 2.47 bits per heavy atom. The van der Waals surface area contributed by atoms with Gasteiger partial charge in [0.15, 0.2) is 5.11 Å². The van der Waals surface area contributed by atoms with E-state index in [0.717, 1.165) is 22.5 Å². The second kappa shape index (κ2) is 8.68. The third kappa shape index (κ3) is 4.01. The van der Waals surface area contributed by atoms with Crippen LogP contribution in [0.3, 0.4) is 0 Å². The Labute approximate surface area is 201 Å². The molecule has 0 bridgehead atoms. The molecular weight excluding hydrogens is 452 g/mol. The topological polar surface area (TPSA) is 97.5 Å². The lowest BCUT2D eigenvalue weighted by Crippen LogP contribution is -2.54. The van der Waals surface area contributed by atoms with Crippen LogP contribution in [0.15, 0.2) is 54.1 Å². The van der Waals surface area contributed by atoms with E-state index in [1.807, 2.05) is 56.5 Å². The van der Waals surface area contributed by atoms with E-state index < -0.39 is 16.7 Å². The summed E-state index contributed by atoms with van der Waals surface area (Å²) in [6.45, 7) is 7.47. The van der Waals surface area contributed by atoms with Gasteiger partial charge in [-0.05, 0) is 80.9 Å². The average Bonchev–Trinajstić information content (AvgIpc) is 3.06. The van der Waals surface area contributed by atoms with Crippen molar-refractivity contribution < 1.29 is 14.5 Å². The molecule has 9 heteroatoms. The first-order chi connectivity index (χ1) is 16.1. The number of nitro benzene ring substituents is 1. The smallest absolute Gasteiger partial charge is 0.271 e. The van der Waals surface area contributed by atoms with Gasteiger partial charge in [0.1, 0.15) is 5.57 Å². The van der Waals surface area contributed by atoms with Gasteiger partial charge in [-0.3, -0.25) is 29.9 Å². The molecule has 3 aromatic rings. The maximum Gasteiger partial charge on any atom is 0.271 e. The summed E-state index contributed by atoms with van der Waals surface area (Å²) >= 11 is 5.32. The van der Waals surface area contributed by atoms with Crippen molar-refractivity contribution in [1.29, 1.82) is 0 Å². The lowest BCUT2D eigenvalue weighted by atomic mass is 10.0. The fourth-order valence-electron chi connectivity index (χ4n) is 4.07. The number of hydrogen-bond donors (Lipinski definition) is 1. The van der Waals surface area contributed by atoms with E-state index in [-0.39, 0.29) is 16.4 Å². The highest BCUT2D eigenvalue weighted by Gasteiger charge is 2.35. The van der Waals surface area contributed by atoms with Crippen LogP contribution in [0.4, 0.5) is 11.4 Å². The van der Waals surface area contributed by atoms with Crippen molar-refractivity contribution >= 4 is 46.6 Å². The number of non-ortho nitro benzene ring substituents is 1. The predicted molar refractivity (Wildman–Crippen MR) is 134 cm³/mol. The normalized spacial score (nSPS) is 15.1. The second-order valence-corrected chi connectivity index (χ2v) is 8.57. The molecule has 0 atom stereocenters. The first kappa shape index (κ1) is 23.1. The molecule has 2 heterocycles. The number of nitrogens with zero attached hydrogens (tertiary/aromatic N) is 3. The lowest BCUT2D eigenvalue weighted by Gasteiger charge is -2.30. The number of rotatable bonds is 4. The van der Waals surface area contributed by atoms with E-state index >= 15 is 0 Å². The number of aromatic nitrogens is 1. The molecule has 1 aliphatic rings. The molecule has 172 valence electrons. The number of benzene rings is 2. The van der Waals surface area contributed by atoms with Gasteiger partial charge < -0.3 is 4.57 Å². The van der Waals surface area contributed by atoms with Crippen LogP contribution in [-0.2, 0) is 9.59 Å². The summed E-state index contributed by atoms with van der Waals surface area (Å²) in [4.78, 5) is 38.3. The van der Waals surface area contributed by atoms with Crippen molar-refractivity contribution in [3.05, 3.63) is 92.3 Å². The van der Waals surface area contributed by atoms with Crippen LogP contribution in [0.5, 0.6) is 0 Å². The largest absolute Gasteiger partial charge is 0.318 e. The predicted octanol–water partition coefficient (Wildman–Crippen LogP) is 4.45. The van der Waals surface area contributed by atoms with Crippen LogP contribution in [0.1, 0.15) is 28.1 Å². The number of carbonyl (C=O) groups is 2. The van der Waals surface area contributed by atoms with Gasteiger partial charge >= 0.3 is 0 Å². The van der Waals surface area contributed by atoms with Crippen LogP contribution < -0.4 is 10.2 Å². The van der Waals surface area contributed by atoms with Crippen LogP contribution >= 0.6 is 12.2 Å². The minimum absolute atomic E-state index is 0.0237. The van der Waals surface area contributed by atoms with Crippen molar-refractivity contribution in [1.82, 2.24) is 9.88 Å². The number of nitrogens with one attached hydrogen (secondary N) is 1. The number of aryl methyl sites for hydroxylation is 3. The summed E-state index contributed by atoms with van der Waals surface area (Å²) in [6, 6.07) is 13.8. The van der Waals surface area contributed by atoms with Gasteiger partial charge in [0, 0.05) is 23.5 Å². The maximum atomic E-state index is 13.4. The van der Waals surface area contributed by atoms with Crippen molar-refractivity contribution in [2.75, 3.05) is 4.90 Å². The Morgan fingerprint density at radius 2 is 1.76 bits per heavy atom. The minimum Gasteiger partial charge on any atom is -0.318 e. The van der Waals surface area contributed by atoms with Gasteiger partial charge in [-0.1, -0.05) is 18.2 Å². The molecule has 1 saturated heterocycles. The molecule has 1 fully saturated rings. The van der Waals surface area contributed by atoms with Gasteiger partial charge in [0.2, 0.25) is 0 Å². The molecule has 0 radical (unpaired) electrons. The fraction of sp³-hybridized carbons (Fsp3) is 0.160. The Bertz CT molecular complexity index is 1420. The van der Waals surface area contributed by atoms with E-state index in [1.54, 1.807) is 12.1 Å². The lowest BCUT2D eigenvalue weighted by molar-refractivity contribution is -0.384. The summed E-state index contributed by atoms with van der Waals surface area (Å²) in [6.07, 6.45) is 1.54. The van der Waals surface area contributed by atoms with E-state index in [2.05, 4.69) is 5.32 Å². The summed E-state index contributed by atoms with van der Waals surface area (Å²) in [5.41, 5.74) is 5.15. The maximum absolute atomic E-state index is 13.4. The zero-order valence-corrected chi connectivity index (χ0v) is 19.9. The van der Waals surface area contributed by atoms with Gasteiger partial charge in [0.25, 0.3) is 17.5 Å². The van der Waals surface area contributed by atoms with Crippen LogP contribution in [0.25, 0.3) is 11.8 Å². The van der Waals surface area contributed by atoms with Crippen LogP contribution in [0, 0.1) is 37.8 Å². The van der Waals surface area contributed by atoms with Gasteiger partial charge in [-0.15, -0.1) is 0 Å². The summed E-state index contributed by atoms with van der Waals surface area (Å²) in [5.74, 6) is -1.08. The highest BCUT2D eigenvalue weighted by atomic mass is 32.1. The summed E-state index contributed by atoms with van der Waals surface area (Å²) < 4.78 is 1.84. The average molecular weight is 475 g/mol. The van der Waals surface area contributed by atoms with Crippen molar-refractivity contribution in [2.24, 2.45) is 0 Å². The third-order valence-electron chi connectivity index (χ3n) is 5.78. The number of hydrogen-bond acceptors (Lipinski definition) is 5. The molecule has 0 spiro atoms. The molecule has 34 heavy (non-hydrogen) atoms. The molecule has 1 aromatic heterocycles. The first-order valence-corrected chi connectivity index (χ1v) is 10.9. The van der Waals surface area contributed by atoms with E-state index in [0.29, 0.717) is 16.9 Å². The highest BCUT2D eigenvalue weighted by molar-refractivity contribution is 7.80. The zero-order valence-electron chi connectivity index (χ0n) is 19.1. The number of nitro groups is 1. The Hall–Kier alpha value is -4.11. The molecule has 2 amide bonds. The highest BCUT2D eigenvalue weighted by Crippen LogP contribution is 2.29. The molecule has 1 N–H and O–H groups in total. The quantitative estimate of drug-likeness (QED) is 0.198. The zero-order chi connectivity index (χ0) is 24.7.